The number of carbonyl (C=O) groups excluding carboxylic acids is 1. The zero-order valence-electron chi connectivity index (χ0n) is 16.0. The first-order valence-corrected chi connectivity index (χ1v) is 10.9. The quantitative estimate of drug-likeness (QED) is 0.375. The Hall–Kier alpha value is -2.75. The lowest BCUT2D eigenvalue weighted by molar-refractivity contribution is -0.384. The zero-order chi connectivity index (χ0) is 21.9. The van der Waals surface area contributed by atoms with Gasteiger partial charge in [0.2, 0.25) is 10.0 Å². The van der Waals surface area contributed by atoms with Crippen LogP contribution in [0.15, 0.2) is 65.1 Å². The summed E-state index contributed by atoms with van der Waals surface area (Å²) in [4.78, 5) is 22.4. The third kappa shape index (κ3) is 4.53. The van der Waals surface area contributed by atoms with Gasteiger partial charge >= 0.3 is 5.97 Å². The number of non-ortho nitro benzene ring substituents is 1. The monoisotopic (exact) mass is 450 g/mol. The average Bonchev–Trinajstić information content (AvgIpc) is 2.73. The minimum Gasteiger partial charge on any atom is -0.463 e. The maximum absolute atomic E-state index is 13.4. The minimum absolute atomic E-state index is 0.106. The number of nitro groups is 1. The molecule has 0 amide bonds. The molecule has 2 aromatic carbocycles. The molecule has 0 unspecified atom stereocenters. The lowest BCUT2D eigenvalue weighted by Gasteiger charge is -2.34. The van der Waals surface area contributed by atoms with Gasteiger partial charge in [-0.05, 0) is 43.2 Å². The highest BCUT2D eigenvalue weighted by Gasteiger charge is 2.37. The van der Waals surface area contributed by atoms with Crippen LogP contribution < -0.4 is 0 Å². The first-order valence-electron chi connectivity index (χ1n) is 9.12. The summed E-state index contributed by atoms with van der Waals surface area (Å²) in [5.74, 6) is -0.578. The Morgan fingerprint density at radius 3 is 2.57 bits per heavy atom. The van der Waals surface area contributed by atoms with Crippen molar-refractivity contribution in [3.05, 3.63) is 80.9 Å². The van der Waals surface area contributed by atoms with E-state index in [1.165, 1.54) is 16.4 Å². The molecule has 158 valence electrons. The van der Waals surface area contributed by atoms with Crippen LogP contribution in [0.4, 0.5) is 5.69 Å². The maximum Gasteiger partial charge on any atom is 0.335 e. The average molecular weight is 451 g/mol. The molecule has 10 heteroatoms. The fourth-order valence-corrected chi connectivity index (χ4v) is 5.03. The molecule has 0 fully saturated rings. The minimum atomic E-state index is -4.08. The van der Waals surface area contributed by atoms with Crippen molar-refractivity contribution in [3.8, 4) is 0 Å². The van der Waals surface area contributed by atoms with E-state index in [0.717, 1.165) is 12.1 Å². The summed E-state index contributed by atoms with van der Waals surface area (Å²) in [6, 6.07) is 10.9. The second-order valence-corrected chi connectivity index (χ2v) is 8.88. The van der Waals surface area contributed by atoms with Crippen molar-refractivity contribution in [1.29, 1.82) is 0 Å². The van der Waals surface area contributed by atoms with Gasteiger partial charge in [-0.1, -0.05) is 29.8 Å². The standard InChI is InChI=1S/C20H19ClN2O6S/c1-2-29-20(24)15-6-11-19(14-4-3-5-16(21)12-14)22(13-15)30(27,28)18-9-7-17(8-10-18)23(25)26/h3-10,12,19H,2,11,13H2,1H3/t19-/m1/s1. The molecule has 0 aromatic heterocycles. The Balaban J connectivity index is 2.04. The Morgan fingerprint density at radius 2 is 1.97 bits per heavy atom. The van der Waals surface area contributed by atoms with Crippen LogP contribution in [0.1, 0.15) is 24.9 Å². The smallest absolute Gasteiger partial charge is 0.335 e. The molecule has 0 aliphatic carbocycles. The first kappa shape index (κ1) is 21.9. The van der Waals surface area contributed by atoms with Crippen LogP contribution in [0.3, 0.4) is 0 Å². The van der Waals surface area contributed by atoms with E-state index in [2.05, 4.69) is 0 Å². The molecule has 0 bridgehead atoms. The van der Waals surface area contributed by atoms with Crippen LogP contribution in [0.5, 0.6) is 0 Å². The van der Waals surface area contributed by atoms with Gasteiger partial charge in [-0.25, -0.2) is 13.2 Å². The highest BCUT2D eigenvalue weighted by atomic mass is 35.5. The molecule has 0 spiro atoms. The van der Waals surface area contributed by atoms with E-state index in [9.17, 15) is 23.3 Å². The Bertz CT molecular complexity index is 1100. The molecule has 1 atom stereocenters. The number of nitro benzene ring substituents is 1. The highest BCUT2D eigenvalue weighted by Crippen LogP contribution is 2.36. The third-order valence-corrected chi connectivity index (χ3v) is 6.79. The van der Waals surface area contributed by atoms with Crippen molar-refractivity contribution in [3.63, 3.8) is 0 Å². The van der Waals surface area contributed by atoms with Gasteiger partial charge in [-0.15, -0.1) is 0 Å². The van der Waals surface area contributed by atoms with E-state index >= 15 is 0 Å². The Labute approximate surface area is 178 Å². The lowest BCUT2D eigenvalue weighted by atomic mass is 9.98. The van der Waals surface area contributed by atoms with E-state index in [1.54, 1.807) is 37.3 Å². The van der Waals surface area contributed by atoms with Crippen LogP contribution in [-0.2, 0) is 19.6 Å². The number of sulfonamides is 1. The van der Waals surface area contributed by atoms with E-state index in [0.29, 0.717) is 10.6 Å². The van der Waals surface area contributed by atoms with Gasteiger partial charge in [0.15, 0.2) is 0 Å². The molecule has 3 rings (SSSR count). The number of benzene rings is 2. The third-order valence-electron chi connectivity index (χ3n) is 4.69. The molecule has 1 aliphatic heterocycles. The summed E-state index contributed by atoms with van der Waals surface area (Å²) in [6.45, 7) is 1.65. The van der Waals surface area contributed by atoms with Crippen LogP contribution in [0.25, 0.3) is 0 Å². The van der Waals surface area contributed by atoms with Gasteiger partial charge in [0.1, 0.15) is 0 Å². The van der Waals surface area contributed by atoms with Crippen LogP contribution in [0.2, 0.25) is 5.02 Å². The lowest BCUT2D eigenvalue weighted by Crippen LogP contribution is -2.40. The molecular formula is C20H19ClN2O6S. The number of ether oxygens (including phenoxy) is 1. The van der Waals surface area contributed by atoms with Crippen molar-refractivity contribution in [2.45, 2.75) is 24.3 Å². The van der Waals surface area contributed by atoms with Crippen molar-refractivity contribution in [2.24, 2.45) is 0 Å². The fraction of sp³-hybridized carbons (Fsp3) is 0.250. The molecule has 0 saturated carbocycles. The summed E-state index contributed by atoms with van der Waals surface area (Å²) < 4.78 is 33.0. The van der Waals surface area contributed by atoms with E-state index in [-0.39, 0.29) is 35.7 Å². The molecule has 1 heterocycles. The van der Waals surface area contributed by atoms with Crippen molar-refractivity contribution < 1.29 is 22.9 Å². The van der Waals surface area contributed by atoms with Gasteiger partial charge < -0.3 is 4.74 Å². The first-order chi connectivity index (χ1) is 14.2. The van der Waals surface area contributed by atoms with Gasteiger partial charge in [-0.2, -0.15) is 4.31 Å². The number of hydrogen-bond acceptors (Lipinski definition) is 6. The van der Waals surface area contributed by atoms with Crippen molar-refractivity contribution in [2.75, 3.05) is 13.2 Å². The van der Waals surface area contributed by atoms with E-state index < -0.39 is 27.0 Å². The van der Waals surface area contributed by atoms with Gasteiger partial charge in [-0.3, -0.25) is 10.1 Å². The summed E-state index contributed by atoms with van der Waals surface area (Å²) in [5.41, 5.74) is 0.693. The number of hydrogen-bond donors (Lipinski definition) is 0. The summed E-state index contributed by atoms with van der Waals surface area (Å²) in [6.07, 6.45) is 1.92. The largest absolute Gasteiger partial charge is 0.463 e. The number of halogens is 1. The number of rotatable bonds is 6. The normalized spacial score (nSPS) is 17.3. The molecule has 30 heavy (non-hydrogen) atoms. The van der Waals surface area contributed by atoms with Crippen LogP contribution in [0, 0.1) is 10.1 Å². The van der Waals surface area contributed by atoms with E-state index in [1.807, 2.05) is 0 Å². The molecular weight excluding hydrogens is 432 g/mol. The van der Waals surface area contributed by atoms with Crippen molar-refractivity contribution in [1.82, 2.24) is 4.31 Å². The van der Waals surface area contributed by atoms with Gasteiger partial charge in [0, 0.05) is 29.3 Å². The second-order valence-electron chi connectivity index (χ2n) is 6.56. The molecule has 0 N–H and O–H groups in total. The van der Waals surface area contributed by atoms with Crippen molar-refractivity contribution >= 4 is 33.3 Å². The maximum atomic E-state index is 13.4. The van der Waals surface area contributed by atoms with Gasteiger partial charge in [0.25, 0.3) is 5.69 Å². The van der Waals surface area contributed by atoms with Crippen LogP contribution in [-0.4, -0.2) is 36.8 Å². The topological polar surface area (TPSA) is 107 Å². The predicted molar refractivity (Wildman–Crippen MR) is 111 cm³/mol. The molecule has 1 aliphatic rings. The summed E-state index contributed by atoms with van der Waals surface area (Å²) in [5, 5.41) is 11.3. The molecule has 0 radical (unpaired) electrons. The molecule has 0 saturated heterocycles. The van der Waals surface area contributed by atoms with Gasteiger partial charge in [0.05, 0.1) is 22.5 Å². The number of nitrogens with zero attached hydrogens (tertiary/aromatic N) is 2. The zero-order valence-corrected chi connectivity index (χ0v) is 17.6. The second kappa shape index (κ2) is 8.95. The highest BCUT2D eigenvalue weighted by molar-refractivity contribution is 7.89. The van der Waals surface area contributed by atoms with E-state index in [4.69, 9.17) is 16.3 Å². The molecule has 2 aromatic rings. The number of carbonyl (C=O) groups is 1. The number of esters is 1. The summed E-state index contributed by atoms with van der Waals surface area (Å²) >= 11 is 6.09. The van der Waals surface area contributed by atoms with Crippen LogP contribution >= 0.6 is 11.6 Å². The fourth-order valence-electron chi connectivity index (χ4n) is 3.23. The Morgan fingerprint density at radius 1 is 1.27 bits per heavy atom. The summed E-state index contributed by atoms with van der Waals surface area (Å²) in [7, 11) is -4.08. The predicted octanol–water partition coefficient (Wildman–Crippen LogP) is 3.87. The Kier molecular flexibility index (Phi) is 6.55. The molecule has 8 nitrogen and oxygen atoms in total. The SMILES string of the molecule is CCOC(=O)C1=CC[C@H](c2cccc(Cl)c2)N(S(=O)(=O)c2ccc([N+](=O)[O-])cc2)C1.